The number of aromatic nitrogens is 2. The van der Waals surface area contributed by atoms with Crippen molar-refractivity contribution in [1.82, 2.24) is 10.2 Å². The van der Waals surface area contributed by atoms with Crippen LogP contribution in [0.25, 0.3) is 11.3 Å². The van der Waals surface area contributed by atoms with Crippen molar-refractivity contribution in [2.75, 3.05) is 13.2 Å². The lowest BCUT2D eigenvalue weighted by Gasteiger charge is -2.20. The molecule has 0 aliphatic rings. The lowest BCUT2D eigenvalue weighted by atomic mass is 10.1. The Morgan fingerprint density at radius 2 is 1.59 bits per heavy atom. The molecule has 6 nitrogen and oxygen atoms in total. The number of rotatable bonds is 15. The summed E-state index contributed by atoms with van der Waals surface area (Å²) in [6, 6.07) is 10.4. The van der Waals surface area contributed by atoms with Crippen LogP contribution in [0.4, 0.5) is 13.2 Å². The van der Waals surface area contributed by atoms with E-state index in [4.69, 9.17) is 9.47 Å². The van der Waals surface area contributed by atoms with Gasteiger partial charge in [0.2, 0.25) is 12.0 Å². The van der Waals surface area contributed by atoms with Crippen molar-refractivity contribution in [1.29, 1.82) is 0 Å². The number of ether oxygens (including phenoxy) is 3. The highest BCUT2D eigenvalue weighted by Crippen LogP contribution is 2.25. The first-order valence-electron chi connectivity index (χ1n) is 11.8. The van der Waals surface area contributed by atoms with Crippen LogP contribution in [0.2, 0.25) is 0 Å². The average Bonchev–Trinajstić information content (AvgIpc) is 2.82. The van der Waals surface area contributed by atoms with Crippen molar-refractivity contribution in [3.8, 4) is 22.9 Å². The molecule has 1 aromatic carbocycles. The third kappa shape index (κ3) is 9.97. The van der Waals surface area contributed by atoms with Gasteiger partial charge in [0.25, 0.3) is 0 Å². The van der Waals surface area contributed by atoms with Gasteiger partial charge in [-0.15, -0.1) is 10.2 Å². The Balaban J connectivity index is 1.86. The molecule has 0 fully saturated rings. The predicted molar refractivity (Wildman–Crippen MR) is 123 cm³/mol. The number of nitrogens with zero attached hydrogens (tertiary/aromatic N) is 2. The van der Waals surface area contributed by atoms with Crippen molar-refractivity contribution >= 4 is 5.97 Å². The molecule has 2 rings (SSSR count). The van der Waals surface area contributed by atoms with Crippen molar-refractivity contribution in [3.05, 3.63) is 36.4 Å². The zero-order chi connectivity index (χ0) is 24.8. The molecule has 1 heterocycles. The Labute approximate surface area is 198 Å². The molecule has 1 atom stereocenters. The molecular weight excluding hydrogens is 449 g/mol. The lowest BCUT2D eigenvalue weighted by Crippen LogP contribution is -2.38. The Morgan fingerprint density at radius 3 is 2.21 bits per heavy atom. The van der Waals surface area contributed by atoms with Gasteiger partial charge in [-0.05, 0) is 43.2 Å². The van der Waals surface area contributed by atoms with Crippen LogP contribution in [-0.4, -0.2) is 41.7 Å². The number of benzene rings is 1. The molecule has 0 spiro atoms. The van der Waals surface area contributed by atoms with Gasteiger partial charge in [0.15, 0.2) is 0 Å². The fraction of sp³-hybridized carbons (Fsp3) is 0.560. The third-order valence-corrected chi connectivity index (χ3v) is 5.06. The summed E-state index contributed by atoms with van der Waals surface area (Å²) in [7, 11) is 0. The molecule has 0 bridgehead atoms. The molecule has 0 saturated heterocycles. The minimum absolute atomic E-state index is 0.0691. The van der Waals surface area contributed by atoms with Crippen molar-refractivity contribution in [2.24, 2.45) is 0 Å². The van der Waals surface area contributed by atoms with Gasteiger partial charge in [-0.3, -0.25) is 4.79 Å². The molecule has 0 amide bonds. The molecule has 0 aliphatic heterocycles. The molecule has 9 heteroatoms. The summed E-state index contributed by atoms with van der Waals surface area (Å²) in [5, 5.41) is 7.85. The van der Waals surface area contributed by atoms with E-state index in [1.807, 2.05) is 31.2 Å². The van der Waals surface area contributed by atoms with Crippen LogP contribution in [0.1, 0.15) is 65.2 Å². The number of hydrogen-bond acceptors (Lipinski definition) is 6. The Morgan fingerprint density at radius 1 is 0.882 bits per heavy atom. The lowest BCUT2D eigenvalue weighted by molar-refractivity contribution is -0.227. The van der Waals surface area contributed by atoms with E-state index < -0.39 is 24.9 Å². The van der Waals surface area contributed by atoms with Crippen LogP contribution in [-0.2, 0) is 9.53 Å². The van der Waals surface area contributed by atoms with Gasteiger partial charge in [-0.1, -0.05) is 46.0 Å². The Bertz CT molecular complexity index is 843. The number of hydrogen-bond donors (Lipinski definition) is 0. The monoisotopic (exact) mass is 482 g/mol. The second-order valence-corrected chi connectivity index (χ2v) is 7.98. The number of carbonyl (C=O) groups is 1. The van der Waals surface area contributed by atoms with Gasteiger partial charge < -0.3 is 14.2 Å². The zero-order valence-corrected chi connectivity index (χ0v) is 19.8. The molecule has 0 saturated carbocycles. The highest BCUT2D eigenvalue weighted by atomic mass is 19.4. The van der Waals surface area contributed by atoms with Gasteiger partial charge in [0, 0.05) is 18.1 Å². The molecular formula is C25H33F3N2O4. The molecule has 2 aromatic rings. The van der Waals surface area contributed by atoms with Gasteiger partial charge in [-0.2, -0.15) is 13.2 Å². The van der Waals surface area contributed by atoms with Crippen molar-refractivity contribution in [2.45, 2.75) is 77.5 Å². The molecule has 1 aromatic heterocycles. The van der Waals surface area contributed by atoms with Crippen LogP contribution >= 0.6 is 0 Å². The number of alkyl halides is 3. The van der Waals surface area contributed by atoms with Gasteiger partial charge in [-0.25, -0.2) is 0 Å². The molecule has 188 valence electrons. The summed E-state index contributed by atoms with van der Waals surface area (Å²) in [6.45, 7) is 3.79. The van der Waals surface area contributed by atoms with Crippen LogP contribution in [0.15, 0.2) is 36.4 Å². The molecule has 0 radical (unpaired) electrons. The van der Waals surface area contributed by atoms with Crippen molar-refractivity contribution in [3.63, 3.8) is 0 Å². The molecule has 0 aliphatic carbocycles. The Kier molecular flexibility index (Phi) is 11.6. The summed E-state index contributed by atoms with van der Waals surface area (Å²) < 4.78 is 54.9. The van der Waals surface area contributed by atoms with E-state index in [2.05, 4.69) is 21.9 Å². The predicted octanol–water partition coefficient (Wildman–Crippen LogP) is 6.54. The van der Waals surface area contributed by atoms with E-state index in [1.54, 1.807) is 6.07 Å². The topological polar surface area (TPSA) is 70.5 Å². The number of esters is 1. The summed E-state index contributed by atoms with van der Waals surface area (Å²) >= 11 is 0. The van der Waals surface area contributed by atoms with E-state index in [9.17, 15) is 18.0 Å². The first-order chi connectivity index (χ1) is 16.3. The maximum Gasteiger partial charge on any atom is 0.428 e. The maximum atomic E-state index is 13.2. The molecule has 1 unspecified atom stereocenters. The maximum absolute atomic E-state index is 13.2. The first kappa shape index (κ1) is 27.4. The normalized spacial score (nSPS) is 12.3. The van der Waals surface area contributed by atoms with Crippen LogP contribution in [0.3, 0.4) is 0 Å². The summed E-state index contributed by atoms with van der Waals surface area (Å²) in [5.41, 5.74) is 1.32. The second kappa shape index (κ2) is 14.4. The SMILES string of the molecule is CCCCCCCOc1ccc(-c2ccc(OCC(OC(=O)CCCC)C(F)(F)F)nn2)cc1. The summed E-state index contributed by atoms with van der Waals surface area (Å²) in [5.74, 6) is -0.234. The number of unbranched alkanes of at least 4 members (excludes halogenated alkanes) is 5. The zero-order valence-electron chi connectivity index (χ0n) is 19.8. The average molecular weight is 483 g/mol. The van der Waals surface area contributed by atoms with E-state index in [0.717, 1.165) is 24.2 Å². The standard InChI is InChI=1S/C25H33F3N2O4/c1-3-5-7-8-9-17-32-20-13-11-19(12-14-20)21-15-16-23(30-29-21)33-18-22(25(26,27)28)34-24(31)10-6-4-2/h11-16,22H,3-10,17-18H2,1-2H3. The Hall–Kier alpha value is -2.84. The quantitative estimate of drug-likeness (QED) is 0.212. The van der Waals surface area contributed by atoms with E-state index in [-0.39, 0.29) is 12.3 Å². The smallest absolute Gasteiger partial charge is 0.428 e. The van der Waals surface area contributed by atoms with Crippen LogP contribution < -0.4 is 9.47 Å². The molecule has 0 N–H and O–H groups in total. The van der Waals surface area contributed by atoms with Crippen LogP contribution in [0.5, 0.6) is 11.6 Å². The fourth-order valence-electron chi connectivity index (χ4n) is 3.06. The van der Waals surface area contributed by atoms with Gasteiger partial charge in [0.05, 0.1) is 12.3 Å². The van der Waals surface area contributed by atoms with Gasteiger partial charge in [0.1, 0.15) is 12.4 Å². The van der Waals surface area contributed by atoms with E-state index in [0.29, 0.717) is 25.1 Å². The largest absolute Gasteiger partial charge is 0.494 e. The second-order valence-electron chi connectivity index (χ2n) is 7.98. The number of halogens is 3. The first-order valence-corrected chi connectivity index (χ1v) is 11.8. The van der Waals surface area contributed by atoms with Crippen molar-refractivity contribution < 1.29 is 32.2 Å². The van der Waals surface area contributed by atoms with E-state index >= 15 is 0 Å². The highest BCUT2D eigenvalue weighted by Gasteiger charge is 2.43. The van der Waals surface area contributed by atoms with Gasteiger partial charge >= 0.3 is 12.1 Å². The third-order valence-electron chi connectivity index (χ3n) is 5.06. The minimum Gasteiger partial charge on any atom is -0.494 e. The van der Waals surface area contributed by atoms with E-state index in [1.165, 1.54) is 25.3 Å². The minimum atomic E-state index is -4.74. The van der Waals surface area contributed by atoms with Crippen LogP contribution in [0, 0.1) is 0 Å². The number of carbonyl (C=O) groups excluding carboxylic acids is 1. The highest BCUT2D eigenvalue weighted by molar-refractivity contribution is 5.69. The summed E-state index contributed by atoms with van der Waals surface area (Å²) in [6.07, 6.45) is -0.189. The molecule has 34 heavy (non-hydrogen) atoms. The fourth-order valence-corrected chi connectivity index (χ4v) is 3.06. The summed E-state index contributed by atoms with van der Waals surface area (Å²) in [4.78, 5) is 11.6.